The van der Waals surface area contributed by atoms with E-state index < -0.39 is 17.1 Å². The van der Waals surface area contributed by atoms with Gasteiger partial charge in [0, 0.05) is 5.41 Å². The molecule has 1 aliphatic carbocycles. The van der Waals surface area contributed by atoms with Gasteiger partial charge in [0.15, 0.2) is 0 Å². The molecule has 1 aromatic rings. The smallest absolute Gasteiger partial charge is 0.109 e. The molecule has 1 aliphatic rings. The second-order valence-electron chi connectivity index (χ2n) is 6.38. The van der Waals surface area contributed by atoms with Crippen molar-refractivity contribution in [1.29, 1.82) is 0 Å². The highest BCUT2D eigenvalue weighted by molar-refractivity contribution is 14.1. The molecule has 2 rings (SSSR count). The third-order valence-corrected chi connectivity index (χ3v) is 7.12. The Morgan fingerprint density at radius 2 is 1.95 bits per heavy atom. The van der Waals surface area contributed by atoms with Gasteiger partial charge in [0.05, 0.1) is 0 Å². The summed E-state index contributed by atoms with van der Waals surface area (Å²) in [6.07, 6.45) is 2.17. The molecule has 21 heavy (non-hydrogen) atoms. The zero-order valence-electron chi connectivity index (χ0n) is 12.9. The maximum absolute atomic E-state index is 11.3. The van der Waals surface area contributed by atoms with Crippen molar-refractivity contribution >= 4 is 28.7 Å². The molecule has 0 radical (unpaired) electrons. The summed E-state index contributed by atoms with van der Waals surface area (Å²) in [7, 11) is 0. The van der Waals surface area contributed by atoms with E-state index in [1.807, 2.05) is 38.1 Å². The first-order valence-corrected chi connectivity index (χ1v) is 8.31. The minimum atomic E-state index is -1.18. The van der Waals surface area contributed by atoms with Gasteiger partial charge in [-0.3, -0.25) is 0 Å². The molecule has 114 valence electrons. The Bertz CT molecular complexity index is 589. The van der Waals surface area contributed by atoms with Crippen LogP contribution in [0.4, 0.5) is 0 Å². The van der Waals surface area contributed by atoms with Crippen molar-refractivity contribution in [3.8, 4) is 0 Å². The summed E-state index contributed by atoms with van der Waals surface area (Å²) in [6, 6.07) is 7.58. The van der Waals surface area contributed by atoms with Crippen molar-refractivity contribution < 1.29 is 10.2 Å². The molecular weight excluding hydrogens is 375 g/mol. The predicted octanol–water partition coefficient (Wildman–Crippen LogP) is 4.62. The van der Waals surface area contributed by atoms with Gasteiger partial charge >= 0.3 is 0 Å². The van der Waals surface area contributed by atoms with E-state index in [0.29, 0.717) is 6.42 Å². The maximum Gasteiger partial charge on any atom is 0.109 e. The fourth-order valence-electron chi connectivity index (χ4n) is 3.21. The lowest BCUT2D eigenvalue weighted by atomic mass is 9.63. The van der Waals surface area contributed by atoms with Crippen molar-refractivity contribution in [3.63, 3.8) is 0 Å². The predicted molar refractivity (Wildman–Crippen MR) is 96.2 cm³/mol. The lowest BCUT2D eigenvalue weighted by Crippen LogP contribution is -2.52. The fourth-order valence-corrected chi connectivity index (χ4v) is 3.94. The summed E-state index contributed by atoms with van der Waals surface area (Å²) >= 11 is 2.31. The molecule has 0 amide bonds. The monoisotopic (exact) mass is 398 g/mol. The molecule has 0 aliphatic heterocycles. The minimum Gasteiger partial charge on any atom is -0.386 e. The molecule has 2 nitrogen and oxygen atoms in total. The Kier molecular flexibility index (Phi) is 4.66. The summed E-state index contributed by atoms with van der Waals surface area (Å²) in [4.78, 5) is 0. The van der Waals surface area contributed by atoms with Crippen LogP contribution in [-0.2, 0) is 0 Å². The molecule has 0 saturated heterocycles. The van der Waals surface area contributed by atoms with Gasteiger partial charge in [-0.05, 0) is 57.1 Å². The molecule has 0 saturated carbocycles. The summed E-state index contributed by atoms with van der Waals surface area (Å²) < 4.78 is 1.14. The van der Waals surface area contributed by atoms with Gasteiger partial charge in [0.2, 0.25) is 0 Å². The molecule has 0 aromatic heterocycles. The Morgan fingerprint density at radius 1 is 1.33 bits per heavy atom. The number of hydrogen-bond donors (Lipinski definition) is 2. The van der Waals surface area contributed by atoms with Crippen LogP contribution in [-0.4, -0.2) is 15.8 Å². The first-order chi connectivity index (χ1) is 9.75. The largest absolute Gasteiger partial charge is 0.386 e. The molecule has 2 atom stereocenters. The van der Waals surface area contributed by atoms with Crippen molar-refractivity contribution in [2.75, 3.05) is 0 Å². The number of halogens is 1. The van der Waals surface area contributed by atoms with Crippen LogP contribution in [0.3, 0.4) is 0 Å². The normalized spacial score (nSPS) is 26.6. The molecule has 0 unspecified atom stereocenters. The molecule has 0 heterocycles. The van der Waals surface area contributed by atoms with E-state index in [4.69, 9.17) is 0 Å². The van der Waals surface area contributed by atoms with E-state index in [2.05, 4.69) is 36.1 Å². The third kappa shape index (κ3) is 2.60. The van der Waals surface area contributed by atoms with Crippen LogP contribution < -0.4 is 0 Å². The first-order valence-electron chi connectivity index (χ1n) is 7.23. The molecule has 2 N–H and O–H groups in total. The van der Waals surface area contributed by atoms with E-state index >= 15 is 0 Å². The Hall–Kier alpha value is -0.650. The van der Waals surface area contributed by atoms with Crippen LogP contribution in [0.15, 0.2) is 40.0 Å². The van der Waals surface area contributed by atoms with E-state index in [9.17, 15) is 10.2 Å². The molecule has 1 aromatic carbocycles. The Morgan fingerprint density at radius 3 is 2.57 bits per heavy atom. The van der Waals surface area contributed by atoms with E-state index in [0.717, 1.165) is 21.1 Å². The molecule has 0 fully saturated rings. The van der Waals surface area contributed by atoms with Crippen LogP contribution in [0.2, 0.25) is 0 Å². The SMILES string of the molecule is C=Cc1ccccc1[C@H](O)[C@]1(O)CCC(C)=C(I)C1(C)C. The first kappa shape index (κ1) is 16.7. The van der Waals surface area contributed by atoms with E-state index in [-0.39, 0.29) is 0 Å². The topological polar surface area (TPSA) is 40.5 Å². The average Bonchev–Trinajstić information content (AvgIpc) is 2.49. The van der Waals surface area contributed by atoms with E-state index in [1.165, 1.54) is 5.57 Å². The lowest BCUT2D eigenvalue weighted by Gasteiger charge is -2.49. The molecule has 3 heteroatoms. The van der Waals surface area contributed by atoms with Gasteiger partial charge in [0.1, 0.15) is 11.7 Å². The van der Waals surface area contributed by atoms with Crippen LogP contribution >= 0.6 is 22.6 Å². The van der Waals surface area contributed by atoms with Gasteiger partial charge < -0.3 is 10.2 Å². The lowest BCUT2D eigenvalue weighted by molar-refractivity contribution is -0.143. The standard InChI is InChI=1S/C18H23IO2/c1-5-13-8-6-7-9-14(13)16(20)18(21)11-10-12(2)15(19)17(18,3)4/h5-9,16,20-21H,1,10-11H2,2-4H3/t16-,18+/m0/s1. The van der Waals surface area contributed by atoms with Crippen molar-refractivity contribution in [1.82, 2.24) is 0 Å². The van der Waals surface area contributed by atoms with Crippen LogP contribution in [0.25, 0.3) is 6.08 Å². The van der Waals surface area contributed by atoms with Crippen LogP contribution in [0.1, 0.15) is 50.8 Å². The highest BCUT2D eigenvalue weighted by Gasteiger charge is 2.53. The number of benzene rings is 1. The maximum atomic E-state index is 11.3. The number of aliphatic hydroxyl groups is 2. The molecule has 0 bridgehead atoms. The number of hydrogen-bond acceptors (Lipinski definition) is 2. The number of allylic oxidation sites excluding steroid dienone is 1. The average molecular weight is 398 g/mol. The molecule has 0 spiro atoms. The summed E-state index contributed by atoms with van der Waals surface area (Å²) in [5.41, 5.74) is 1.25. The van der Waals surface area contributed by atoms with Crippen molar-refractivity contribution in [2.24, 2.45) is 5.41 Å². The highest BCUT2D eigenvalue weighted by atomic mass is 127. The number of rotatable bonds is 3. The minimum absolute atomic E-state index is 0.483. The summed E-state index contributed by atoms with van der Waals surface area (Å²) in [5.74, 6) is 0. The quantitative estimate of drug-likeness (QED) is 0.730. The van der Waals surface area contributed by atoms with Crippen LogP contribution in [0.5, 0.6) is 0 Å². The van der Waals surface area contributed by atoms with Crippen LogP contribution in [0, 0.1) is 5.41 Å². The molecular formula is C18H23IO2. The second-order valence-corrected chi connectivity index (χ2v) is 7.46. The summed E-state index contributed by atoms with van der Waals surface area (Å²) in [5, 5.41) is 22.2. The third-order valence-electron chi connectivity index (χ3n) is 4.85. The van der Waals surface area contributed by atoms with Crippen molar-refractivity contribution in [3.05, 3.63) is 51.1 Å². The van der Waals surface area contributed by atoms with E-state index in [1.54, 1.807) is 6.08 Å². The highest BCUT2D eigenvalue weighted by Crippen LogP contribution is 2.55. The van der Waals surface area contributed by atoms with Gasteiger partial charge in [0.25, 0.3) is 0 Å². The van der Waals surface area contributed by atoms with Gasteiger partial charge in [-0.2, -0.15) is 0 Å². The number of aliphatic hydroxyl groups excluding tert-OH is 1. The van der Waals surface area contributed by atoms with Gasteiger partial charge in [-0.15, -0.1) is 0 Å². The zero-order chi connectivity index (χ0) is 15.8. The van der Waals surface area contributed by atoms with Crippen molar-refractivity contribution in [2.45, 2.75) is 45.3 Å². The zero-order valence-corrected chi connectivity index (χ0v) is 15.0. The van der Waals surface area contributed by atoms with Gasteiger partial charge in [-0.25, -0.2) is 0 Å². The second kappa shape index (κ2) is 5.86. The Labute approximate surface area is 140 Å². The summed E-state index contributed by atoms with van der Waals surface area (Å²) in [6.45, 7) is 9.93. The van der Waals surface area contributed by atoms with Gasteiger partial charge in [-0.1, -0.05) is 56.3 Å². The fraction of sp³-hybridized carbons (Fsp3) is 0.444. The Balaban J connectivity index is 2.52.